The smallest absolute Gasteiger partial charge is 0.293 e. The van der Waals surface area contributed by atoms with E-state index in [0.717, 1.165) is 5.56 Å². The molecule has 1 saturated heterocycles. The number of nitrogens with one attached hydrogen (secondary N) is 1. The Morgan fingerprint density at radius 1 is 1.14 bits per heavy atom. The molecule has 3 rings (SSSR count). The Hall–Kier alpha value is -3.56. The Morgan fingerprint density at radius 2 is 1.79 bits per heavy atom. The van der Waals surface area contributed by atoms with E-state index in [0.29, 0.717) is 31.9 Å². The normalized spacial score (nSPS) is 13.9. The molecule has 2 aromatic rings. The van der Waals surface area contributed by atoms with Crippen molar-refractivity contribution in [2.24, 2.45) is 0 Å². The largest absolute Gasteiger partial charge is 0.362 e. The van der Waals surface area contributed by atoms with Gasteiger partial charge in [0, 0.05) is 57.1 Å². The molecule has 0 radical (unpaired) electrons. The molecule has 1 aliphatic rings. The van der Waals surface area contributed by atoms with Crippen molar-refractivity contribution in [2.45, 2.75) is 13.8 Å². The lowest BCUT2D eigenvalue weighted by atomic mass is 10.1. The number of carbonyl (C=O) groups is 2. The van der Waals surface area contributed by atoms with E-state index in [9.17, 15) is 19.7 Å². The molecule has 1 N–H and O–H groups in total. The third kappa shape index (κ3) is 4.22. The molecule has 2 amide bonds. The summed E-state index contributed by atoms with van der Waals surface area (Å²) < 4.78 is 0. The average Bonchev–Trinajstić information content (AvgIpc) is 2.69. The molecular formula is C18H20N6O4. The average molecular weight is 384 g/mol. The highest BCUT2D eigenvalue weighted by molar-refractivity contribution is 6.04. The molecule has 10 heteroatoms. The predicted molar refractivity (Wildman–Crippen MR) is 102 cm³/mol. The zero-order valence-corrected chi connectivity index (χ0v) is 15.6. The number of nitro groups is 1. The molecule has 146 valence electrons. The van der Waals surface area contributed by atoms with Crippen molar-refractivity contribution in [2.75, 3.05) is 36.4 Å². The van der Waals surface area contributed by atoms with Crippen LogP contribution in [0, 0.1) is 17.0 Å². The third-order valence-corrected chi connectivity index (χ3v) is 4.51. The number of aryl methyl sites for hydroxylation is 1. The highest BCUT2D eigenvalue weighted by Crippen LogP contribution is 2.30. The fourth-order valence-corrected chi connectivity index (χ4v) is 2.97. The minimum absolute atomic E-state index is 0.0144. The molecule has 0 atom stereocenters. The van der Waals surface area contributed by atoms with Crippen LogP contribution in [0.1, 0.15) is 22.8 Å². The van der Waals surface area contributed by atoms with Gasteiger partial charge in [-0.05, 0) is 24.6 Å². The molecule has 0 saturated carbocycles. The van der Waals surface area contributed by atoms with Gasteiger partial charge < -0.3 is 9.80 Å². The van der Waals surface area contributed by atoms with Crippen molar-refractivity contribution >= 4 is 29.1 Å². The van der Waals surface area contributed by atoms with Crippen molar-refractivity contribution in [3.63, 3.8) is 0 Å². The van der Waals surface area contributed by atoms with Gasteiger partial charge in [0.2, 0.25) is 11.9 Å². The van der Waals surface area contributed by atoms with E-state index in [1.165, 1.54) is 19.1 Å². The molecule has 0 aliphatic carbocycles. The van der Waals surface area contributed by atoms with Gasteiger partial charge in [-0.25, -0.2) is 9.97 Å². The Balaban J connectivity index is 1.79. The zero-order chi connectivity index (χ0) is 20.3. The first-order chi connectivity index (χ1) is 13.3. The van der Waals surface area contributed by atoms with Crippen LogP contribution in [-0.2, 0) is 4.79 Å². The Kier molecular flexibility index (Phi) is 5.48. The number of piperazine rings is 1. The van der Waals surface area contributed by atoms with Gasteiger partial charge in [-0.1, -0.05) is 0 Å². The van der Waals surface area contributed by atoms with E-state index in [1.807, 2.05) is 11.8 Å². The van der Waals surface area contributed by atoms with Crippen LogP contribution in [0.4, 0.5) is 17.3 Å². The Labute approximate surface area is 161 Å². The second kappa shape index (κ2) is 7.99. The van der Waals surface area contributed by atoms with Crippen molar-refractivity contribution in [1.29, 1.82) is 0 Å². The van der Waals surface area contributed by atoms with Gasteiger partial charge in [-0.2, -0.15) is 0 Å². The van der Waals surface area contributed by atoms with E-state index in [2.05, 4.69) is 15.3 Å². The van der Waals surface area contributed by atoms with E-state index in [1.54, 1.807) is 23.4 Å². The van der Waals surface area contributed by atoms with Crippen LogP contribution in [-0.4, -0.2) is 57.8 Å². The minimum atomic E-state index is -0.528. The molecule has 1 aromatic heterocycles. The SMILES string of the molecule is CC(=O)N1CCN(c2ccc(C(=O)Nc3ncc(C)cn3)cc2[N+](=O)[O-])CC1. The van der Waals surface area contributed by atoms with Gasteiger partial charge in [0.05, 0.1) is 4.92 Å². The van der Waals surface area contributed by atoms with E-state index in [-0.39, 0.29) is 23.1 Å². The number of nitrogens with zero attached hydrogens (tertiary/aromatic N) is 5. The summed E-state index contributed by atoms with van der Waals surface area (Å²) in [7, 11) is 0. The summed E-state index contributed by atoms with van der Waals surface area (Å²) in [5.74, 6) is -0.415. The number of hydrogen-bond acceptors (Lipinski definition) is 7. The van der Waals surface area contributed by atoms with Crippen molar-refractivity contribution in [1.82, 2.24) is 14.9 Å². The van der Waals surface area contributed by atoms with Crippen LogP contribution in [0.5, 0.6) is 0 Å². The quantitative estimate of drug-likeness (QED) is 0.628. The van der Waals surface area contributed by atoms with Crippen LogP contribution < -0.4 is 10.2 Å². The number of carbonyl (C=O) groups excluding carboxylic acids is 2. The lowest BCUT2D eigenvalue weighted by Crippen LogP contribution is -2.48. The van der Waals surface area contributed by atoms with E-state index in [4.69, 9.17) is 0 Å². The highest BCUT2D eigenvalue weighted by Gasteiger charge is 2.26. The summed E-state index contributed by atoms with van der Waals surface area (Å²) >= 11 is 0. The molecular weight excluding hydrogens is 364 g/mol. The lowest BCUT2D eigenvalue weighted by Gasteiger charge is -2.35. The lowest BCUT2D eigenvalue weighted by molar-refractivity contribution is -0.384. The summed E-state index contributed by atoms with van der Waals surface area (Å²) in [6.07, 6.45) is 3.13. The van der Waals surface area contributed by atoms with Gasteiger partial charge in [0.25, 0.3) is 11.6 Å². The summed E-state index contributed by atoms with van der Waals surface area (Å²) in [5, 5.41) is 14.1. The van der Waals surface area contributed by atoms with Crippen LogP contribution in [0.3, 0.4) is 0 Å². The first kappa shape index (κ1) is 19.2. The van der Waals surface area contributed by atoms with Crippen LogP contribution in [0.2, 0.25) is 0 Å². The summed E-state index contributed by atoms with van der Waals surface area (Å²) in [6.45, 7) is 5.30. The standard InChI is InChI=1S/C18H20N6O4/c1-12-10-19-18(20-11-12)21-17(26)14-3-4-15(16(9-14)24(27)28)23-7-5-22(6-8-23)13(2)25/h3-4,9-11H,5-8H2,1-2H3,(H,19,20,21,26). The van der Waals surface area contributed by atoms with Gasteiger partial charge in [0.15, 0.2) is 0 Å². The first-order valence-electron chi connectivity index (χ1n) is 8.74. The number of nitro benzene ring substituents is 1. The molecule has 2 heterocycles. The molecule has 1 aromatic carbocycles. The molecule has 0 bridgehead atoms. The van der Waals surface area contributed by atoms with Gasteiger partial charge in [0.1, 0.15) is 5.69 Å². The van der Waals surface area contributed by atoms with Gasteiger partial charge >= 0.3 is 0 Å². The number of amides is 2. The molecule has 0 spiro atoms. The summed E-state index contributed by atoms with van der Waals surface area (Å²) in [6, 6.07) is 4.34. The number of aromatic nitrogens is 2. The third-order valence-electron chi connectivity index (χ3n) is 4.51. The molecule has 1 aliphatic heterocycles. The second-order valence-electron chi connectivity index (χ2n) is 6.49. The number of anilines is 2. The van der Waals surface area contributed by atoms with E-state index < -0.39 is 10.8 Å². The summed E-state index contributed by atoms with van der Waals surface area (Å²) in [5.41, 5.74) is 1.26. The Morgan fingerprint density at radius 3 is 2.36 bits per heavy atom. The number of benzene rings is 1. The second-order valence-corrected chi connectivity index (χ2v) is 6.49. The molecule has 1 fully saturated rings. The van der Waals surface area contributed by atoms with Crippen LogP contribution in [0.15, 0.2) is 30.6 Å². The van der Waals surface area contributed by atoms with Crippen molar-refractivity contribution < 1.29 is 14.5 Å². The van der Waals surface area contributed by atoms with Crippen molar-refractivity contribution in [3.05, 3.63) is 51.8 Å². The van der Waals surface area contributed by atoms with Crippen molar-refractivity contribution in [3.8, 4) is 0 Å². The maximum atomic E-state index is 12.4. The predicted octanol–water partition coefficient (Wildman–Crippen LogP) is 1.61. The Bertz CT molecular complexity index is 907. The topological polar surface area (TPSA) is 122 Å². The van der Waals surface area contributed by atoms with Gasteiger partial charge in [-0.3, -0.25) is 25.0 Å². The molecule has 0 unspecified atom stereocenters. The fraction of sp³-hybridized carbons (Fsp3) is 0.333. The monoisotopic (exact) mass is 384 g/mol. The van der Waals surface area contributed by atoms with Crippen LogP contribution >= 0.6 is 0 Å². The number of rotatable bonds is 4. The maximum absolute atomic E-state index is 12.4. The number of hydrogen-bond donors (Lipinski definition) is 1. The minimum Gasteiger partial charge on any atom is -0.362 e. The van der Waals surface area contributed by atoms with Gasteiger partial charge in [-0.15, -0.1) is 0 Å². The van der Waals surface area contributed by atoms with Crippen LogP contribution in [0.25, 0.3) is 0 Å². The zero-order valence-electron chi connectivity index (χ0n) is 15.6. The van der Waals surface area contributed by atoms with E-state index >= 15 is 0 Å². The maximum Gasteiger partial charge on any atom is 0.293 e. The summed E-state index contributed by atoms with van der Waals surface area (Å²) in [4.78, 5) is 46.5. The highest BCUT2D eigenvalue weighted by atomic mass is 16.6. The first-order valence-corrected chi connectivity index (χ1v) is 8.74. The molecule has 10 nitrogen and oxygen atoms in total. The molecule has 28 heavy (non-hydrogen) atoms. The fourth-order valence-electron chi connectivity index (χ4n) is 2.97.